The van der Waals surface area contributed by atoms with Crippen molar-refractivity contribution >= 4 is 5.91 Å². The molecule has 0 aromatic carbocycles. The Kier molecular flexibility index (Phi) is 7.08. The van der Waals surface area contributed by atoms with E-state index in [1.165, 1.54) is 0 Å². The van der Waals surface area contributed by atoms with Crippen molar-refractivity contribution in [2.24, 2.45) is 11.3 Å². The quantitative estimate of drug-likeness (QED) is 0.771. The minimum absolute atomic E-state index is 0.216. The van der Waals surface area contributed by atoms with Crippen LogP contribution in [-0.4, -0.2) is 73.6 Å². The second kappa shape index (κ2) is 8.63. The molecule has 2 fully saturated rings. The fourth-order valence-corrected chi connectivity index (χ4v) is 3.92. The minimum atomic E-state index is -0.216. The lowest BCUT2D eigenvalue weighted by Crippen LogP contribution is -2.59. The van der Waals surface area contributed by atoms with Crippen molar-refractivity contribution in [3.63, 3.8) is 0 Å². The molecule has 2 aliphatic rings. The van der Waals surface area contributed by atoms with Gasteiger partial charge < -0.3 is 15.5 Å². The van der Waals surface area contributed by atoms with Crippen molar-refractivity contribution in [3.05, 3.63) is 0 Å². The first-order chi connectivity index (χ1) is 11.3. The maximum Gasteiger partial charge on any atom is 0.227 e. The van der Waals surface area contributed by atoms with Crippen LogP contribution < -0.4 is 10.6 Å². The highest BCUT2D eigenvalue weighted by Gasteiger charge is 2.43. The molecule has 0 aromatic rings. The maximum atomic E-state index is 13.1. The Labute approximate surface area is 148 Å². The molecule has 24 heavy (non-hydrogen) atoms. The van der Waals surface area contributed by atoms with E-state index in [9.17, 15) is 4.79 Å². The van der Waals surface area contributed by atoms with Crippen LogP contribution in [0.1, 0.15) is 47.5 Å². The summed E-state index contributed by atoms with van der Waals surface area (Å²) < 4.78 is 0. The molecule has 0 spiro atoms. The predicted molar refractivity (Wildman–Crippen MR) is 100 cm³/mol. The van der Waals surface area contributed by atoms with Gasteiger partial charge in [-0.1, -0.05) is 13.8 Å². The van der Waals surface area contributed by atoms with Gasteiger partial charge in [0.15, 0.2) is 0 Å². The van der Waals surface area contributed by atoms with Gasteiger partial charge in [-0.3, -0.25) is 9.69 Å². The third-order valence-corrected chi connectivity index (χ3v) is 5.78. The summed E-state index contributed by atoms with van der Waals surface area (Å²) in [6.45, 7) is 18.0. The third-order valence-electron chi connectivity index (χ3n) is 5.78. The van der Waals surface area contributed by atoms with Gasteiger partial charge in [0.25, 0.3) is 0 Å². The Morgan fingerprint density at radius 1 is 1.21 bits per heavy atom. The van der Waals surface area contributed by atoms with E-state index in [-0.39, 0.29) is 11.3 Å². The molecular weight excluding hydrogens is 300 g/mol. The number of hydrogen-bond donors (Lipinski definition) is 2. The third kappa shape index (κ3) is 4.93. The van der Waals surface area contributed by atoms with Gasteiger partial charge in [0.05, 0.1) is 5.41 Å². The number of likely N-dealkylation sites (tertiary alicyclic amines) is 1. The lowest BCUT2D eigenvalue weighted by molar-refractivity contribution is -0.136. The van der Waals surface area contributed by atoms with Gasteiger partial charge in [-0.15, -0.1) is 0 Å². The Bertz CT molecular complexity index is 402. The Balaban J connectivity index is 2.07. The van der Waals surface area contributed by atoms with Crippen LogP contribution in [0.25, 0.3) is 0 Å². The topological polar surface area (TPSA) is 47.6 Å². The van der Waals surface area contributed by atoms with E-state index < -0.39 is 0 Å². The fraction of sp³-hybridized carbons (Fsp3) is 0.947. The normalized spacial score (nSPS) is 26.0. The molecule has 140 valence electrons. The van der Waals surface area contributed by atoms with E-state index in [1.54, 1.807) is 0 Å². The number of rotatable bonds is 6. The number of nitrogens with one attached hydrogen (secondary N) is 2. The van der Waals surface area contributed by atoms with E-state index in [2.05, 4.69) is 55.1 Å². The van der Waals surface area contributed by atoms with Crippen LogP contribution in [0.3, 0.4) is 0 Å². The molecule has 0 aromatic heterocycles. The van der Waals surface area contributed by atoms with Crippen LogP contribution in [0, 0.1) is 11.3 Å². The molecule has 1 atom stereocenters. The van der Waals surface area contributed by atoms with Gasteiger partial charge in [0, 0.05) is 44.8 Å². The van der Waals surface area contributed by atoms with E-state index in [0.717, 1.165) is 58.7 Å². The SMILES string of the molecule is CC(C)CNC(=O)C1(CN2CCNCC2C)CCN(C(C)C)CC1. The number of piperazine rings is 1. The second-order valence-electron chi connectivity index (χ2n) is 8.54. The number of amides is 1. The van der Waals surface area contributed by atoms with Crippen molar-refractivity contribution in [1.29, 1.82) is 0 Å². The van der Waals surface area contributed by atoms with Gasteiger partial charge in [0.2, 0.25) is 5.91 Å². The van der Waals surface area contributed by atoms with Crippen molar-refractivity contribution in [3.8, 4) is 0 Å². The predicted octanol–water partition coefficient (Wildman–Crippen LogP) is 1.54. The smallest absolute Gasteiger partial charge is 0.227 e. The largest absolute Gasteiger partial charge is 0.355 e. The first kappa shape index (κ1) is 19.7. The maximum absolute atomic E-state index is 13.1. The molecule has 5 heteroatoms. The molecule has 2 saturated heterocycles. The average Bonchev–Trinajstić information content (AvgIpc) is 2.55. The molecule has 1 unspecified atom stereocenters. The Morgan fingerprint density at radius 3 is 2.42 bits per heavy atom. The molecule has 0 bridgehead atoms. The van der Waals surface area contributed by atoms with Gasteiger partial charge in [-0.2, -0.15) is 0 Å². The highest BCUT2D eigenvalue weighted by Crippen LogP contribution is 2.34. The lowest BCUT2D eigenvalue weighted by atomic mass is 9.76. The molecule has 2 aliphatic heterocycles. The molecular formula is C19H38N4O. The van der Waals surface area contributed by atoms with E-state index in [4.69, 9.17) is 0 Å². The molecule has 1 amide bonds. The van der Waals surface area contributed by atoms with Gasteiger partial charge in [0.1, 0.15) is 0 Å². The van der Waals surface area contributed by atoms with E-state index >= 15 is 0 Å². The van der Waals surface area contributed by atoms with Gasteiger partial charge >= 0.3 is 0 Å². The Hall–Kier alpha value is -0.650. The van der Waals surface area contributed by atoms with Gasteiger partial charge in [-0.05, 0) is 52.6 Å². The summed E-state index contributed by atoms with van der Waals surface area (Å²) in [4.78, 5) is 18.1. The monoisotopic (exact) mass is 338 g/mol. The molecule has 2 heterocycles. The molecule has 0 aliphatic carbocycles. The number of nitrogens with zero attached hydrogens (tertiary/aromatic N) is 2. The molecule has 0 radical (unpaired) electrons. The van der Waals surface area contributed by atoms with Crippen molar-refractivity contribution in [2.45, 2.75) is 59.5 Å². The van der Waals surface area contributed by atoms with Crippen LogP contribution in [0.15, 0.2) is 0 Å². The molecule has 2 rings (SSSR count). The van der Waals surface area contributed by atoms with Crippen LogP contribution in [0.2, 0.25) is 0 Å². The van der Waals surface area contributed by atoms with Crippen molar-refractivity contribution < 1.29 is 4.79 Å². The highest BCUT2D eigenvalue weighted by atomic mass is 16.2. The average molecular weight is 339 g/mol. The van der Waals surface area contributed by atoms with Gasteiger partial charge in [-0.25, -0.2) is 0 Å². The zero-order chi connectivity index (χ0) is 17.7. The number of piperidine rings is 1. The van der Waals surface area contributed by atoms with Crippen LogP contribution in [0.4, 0.5) is 0 Å². The van der Waals surface area contributed by atoms with Crippen molar-refractivity contribution in [1.82, 2.24) is 20.4 Å². The summed E-state index contributed by atoms with van der Waals surface area (Å²) >= 11 is 0. The summed E-state index contributed by atoms with van der Waals surface area (Å²) in [7, 11) is 0. The van der Waals surface area contributed by atoms with Crippen LogP contribution in [0.5, 0.6) is 0 Å². The molecule has 2 N–H and O–H groups in total. The summed E-state index contributed by atoms with van der Waals surface area (Å²) in [5, 5.41) is 6.70. The van der Waals surface area contributed by atoms with Crippen LogP contribution >= 0.6 is 0 Å². The summed E-state index contributed by atoms with van der Waals surface area (Å²) in [5.41, 5.74) is -0.216. The van der Waals surface area contributed by atoms with E-state index in [1.807, 2.05) is 0 Å². The molecule has 5 nitrogen and oxygen atoms in total. The number of carbonyl (C=O) groups excluding carboxylic acids is 1. The summed E-state index contributed by atoms with van der Waals surface area (Å²) in [6.07, 6.45) is 1.96. The Morgan fingerprint density at radius 2 is 1.88 bits per heavy atom. The number of hydrogen-bond acceptors (Lipinski definition) is 4. The van der Waals surface area contributed by atoms with Crippen molar-refractivity contribution in [2.75, 3.05) is 45.8 Å². The highest BCUT2D eigenvalue weighted by molar-refractivity contribution is 5.83. The molecule has 0 saturated carbocycles. The first-order valence-electron chi connectivity index (χ1n) is 9.81. The zero-order valence-electron chi connectivity index (χ0n) is 16.4. The summed E-state index contributed by atoms with van der Waals surface area (Å²) in [5.74, 6) is 0.783. The minimum Gasteiger partial charge on any atom is -0.355 e. The number of carbonyl (C=O) groups is 1. The summed E-state index contributed by atoms with van der Waals surface area (Å²) in [6, 6.07) is 1.08. The fourth-order valence-electron chi connectivity index (χ4n) is 3.92. The van der Waals surface area contributed by atoms with E-state index in [0.29, 0.717) is 18.0 Å². The standard InChI is InChI=1S/C19H38N4O/c1-15(2)12-21-18(24)19(6-9-22(10-7-19)16(3)4)14-23-11-8-20-13-17(23)5/h15-17,20H,6-14H2,1-5H3,(H,21,24). The lowest BCUT2D eigenvalue weighted by Gasteiger charge is -2.46. The second-order valence-corrected chi connectivity index (χ2v) is 8.54. The first-order valence-corrected chi connectivity index (χ1v) is 9.81. The van der Waals surface area contributed by atoms with Crippen LogP contribution in [-0.2, 0) is 4.79 Å². The zero-order valence-corrected chi connectivity index (χ0v) is 16.4.